The van der Waals surface area contributed by atoms with Crippen molar-refractivity contribution in [1.82, 2.24) is 5.32 Å². The zero-order valence-corrected chi connectivity index (χ0v) is 22.6. The largest absolute Gasteiger partial charge is 0.504 e. The minimum atomic E-state index is -0.610. The summed E-state index contributed by atoms with van der Waals surface area (Å²) in [5.41, 5.74) is 4.31. The Balaban J connectivity index is 1.55. The van der Waals surface area contributed by atoms with Crippen LogP contribution in [0.2, 0.25) is 5.02 Å². The number of esters is 1. The predicted molar refractivity (Wildman–Crippen MR) is 146 cm³/mol. The second kappa shape index (κ2) is 11.2. The van der Waals surface area contributed by atoms with Crippen LogP contribution in [0.3, 0.4) is 0 Å². The van der Waals surface area contributed by atoms with Gasteiger partial charge in [-0.15, -0.1) is 0 Å². The van der Waals surface area contributed by atoms with Gasteiger partial charge in [-0.2, -0.15) is 0 Å². The number of hydrogen-bond acceptors (Lipinski definition) is 6. The number of hydrogen-bond donors (Lipinski definition) is 2. The van der Waals surface area contributed by atoms with E-state index in [9.17, 15) is 14.7 Å². The summed E-state index contributed by atoms with van der Waals surface area (Å²) in [6.07, 6.45) is 5.84. The van der Waals surface area contributed by atoms with Gasteiger partial charge in [-0.1, -0.05) is 36.2 Å². The third kappa shape index (κ3) is 5.32. The van der Waals surface area contributed by atoms with E-state index >= 15 is 0 Å². The van der Waals surface area contributed by atoms with Crippen molar-refractivity contribution in [1.29, 1.82) is 0 Å². The molecule has 2 atom stereocenters. The van der Waals surface area contributed by atoms with Crippen molar-refractivity contribution < 1.29 is 24.2 Å². The van der Waals surface area contributed by atoms with E-state index in [0.29, 0.717) is 52.6 Å². The fourth-order valence-electron chi connectivity index (χ4n) is 5.99. The van der Waals surface area contributed by atoms with Crippen LogP contribution in [0.1, 0.15) is 81.8 Å². The molecule has 1 fully saturated rings. The number of aromatic hydroxyl groups is 1. The summed E-state index contributed by atoms with van der Waals surface area (Å²) in [4.78, 5) is 27.5. The molecule has 2 N–H and O–H groups in total. The Hall–Kier alpha value is -3.25. The van der Waals surface area contributed by atoms with Gasteiger partial charge in [0.25, 0.3) is 0 Å². The fourth-order valence-corrected chi connectivity index (χ4v) is 6.12. The molecule has 2 aromatic carbocycles. The molecule has 3 aliphatic rings. The number of dihydropyridines is 1. The first-order chi connectivity index (χ1) is 18.4. The molecule has 2 unspecified atom stereocenters. The standard InChI is InChI=1S/C31H34ClNO5/c1-3-37-27-17-20(11-14-25(27)34)29-28(31(36)38-23-7-5-4-6-8-23)18(2)33-24-15-21(16-26(35)30(24)29)19-9-12-22(32)13-10-19/h9-14,17,21,23,29,33-34H,3-8,15-16H2,1-2H3. The van der Waals surface area contributed by atoms with Crippen molar-refractivity contribution in [3.63, 3.8) is 0 Å². The molecule has 1 aliphatic heterocycles. The van der Waals surface area contributed by atoms with Gasteiger partial charge in [0.2, 0.25) is 0 Å². The van der Waals surface area contributed by atoms with Gasteiger partial charge in [0.05, 0.1) is 12.2 Å². The topological polar surface area (TPSA) is 84.9 Å². The Morgan fingerprint density at radius 3 is 2.47 bits per heavy atom. The van der Waals surface area contributed by atoms with Crippen LogP contribution in [-0.4, -0.2) is 29.6 Å². The van der Waals surface area contributed by atoms with E-state index in [1.165, 1.54) is 0 Å². The second-order valence-corrected chi connectivity index (χ2v) is 10.8. The van der Waals surface area contributed by atoms with Crippen LogP contribution in [0.25, 0.3) is 0 Å². The normalized spacial score (nSPS) is 22.1. The number of phenolic OH excluding ortho intramolecular Hbond substituents is 1. The number of rotatable bonds is 6. The fraction of sp³-hybridized carbons (Fsp3) is 0.419. The molecule has 0 aromatic heterocycles. The molecule has 0 saturated heterocycles. The van der Waals surface area contributed by atoms with Crippen LogP contribution < -0.4 is 10.1 Å². The maximum absolute atomic E-state index is 13.8. The number of benzene rings is 2. The third-order valence-electron chi connectivity index (χ3n) is 7.83. The predicted octanol–water partition coefficient (Wildman–Crippen LogP) is 6.68. The van der Waals surface area contributed by atoms with E-state index in [-0.39, 0.29) is 23.6 Å². The summed E-state index contributed by atoms with van der Waals surface area (Å²) in [6.45, 7) is 4.09. The molecule has 0 amide bonds. The van der Waals surface area contributed by atoms with E-state index in [1.54, 1.807) is 18.2 Å². The van der Waals surface area contributed by atoms with Gasteiger partial charge in [0.1, 0.15) is 6.10 Å². The molecule has 38 heavy (non-hydrogen) atoms. The minimum Gasteiger partial charge on any atom is -0.504 e. The lowest BCUT2D eigenvalue weighted by Gasteiger charge is -2.37. The first-order valence-corrected chi connectivity index (χ1v) is 13.9. The van der Waals surface area contributed by atoms with E-state index in [2.05, 4.69) is 5.32 Å². The van der Waals surface area contributed by atoms with E-state index < -0.39 is 11.9 Å². The summed E-state index contributed by atoms with van der Waals surface area (Å²) in [5, 5.41) is 14.4. The van der Waals surface area contributed by atoms with Crippen LogP contribution in [0.5, 0.6) is 11.5 Å². The van der Waals surface area contributed by atoms with Gasteiger partial charge in [-0.3, -0.25) is 4.79 Å². The Bertz CT molecular complexity index is 1290. The van der Waals surface area contributed by atoms with Crippen LogP contribution in [0, 0.1) is 0 Å². The quantitative estimate of drug-likeness (QED) is 0.401. The van der Waals surface area contributed by atoms with Crippen LogP contribution in [0.4, 0.5) is 0 Å². The zero-order valence-electron chi connectivity index (χ0n) is 21.9. The lowest BCUT2D eigenvalue weighted by atomic mass is 9.71. The average molecular weight is 536 g/mol. The van der Waals surface area contributed by atoms with Gasteiger partial charge in [0.15, 0.2) is 17.3 Å². The van der Waals surface area contributed by atoms with E-state index in [4.69, 9.17) is 21.1 Å². The third-order valence-corrected chi connectivity index (χ3v) is 8.08. The zero-order chi connectivity index (χ0) is 26.8. The molecule has 2 aliphatic carbocycles. The highest BCUT2D eigenvalue weighted by molar-refractivity contribution is 6.30. The van der Waals surface area contributed by atoms with Gasteiger partial charge in [-0.25, -0.2) is 4.79 Å². The smallest absolute Gasteiger partial charge is 0.337 e. The molecule has 5 rings (SSSR count). The number of allylic oxidation sites excluding steroid dienone is 3. The average Bonchev–Trinajstić information content (AvgIpc) is 2.90. The number of ketones is 1. The Labute approximate surface area is 228 Å². The maximum atomic E-state index is 13.8. The minimum absolute atomic E-state index is 0.00834. The van der Waals surface area contributed by atoms with Crippen LogP contribution in [0.15, 0.2) is 65.0 Å². The van der Waals surface area contributed by atoms with Gasteiger partial charge < -0.3 is 19.9 Å². The Kier molecular flexibility index (Phi) is 7.80. The monoisotopic (exact) mass is 535 g/mol. The lowest BCUT2D eigenvalue weighted by molar-refractivity contribution is -0.146. The molecule has 7 heteroatoms. The molecule has 1 saturated carbocycles. The van der Waals surface area contributed by atoms with Crippen LogP contribution >= 0.6 is 11.6 Å². The summed E-state index contributed by atoms with van der Waals surface area (Å²) < 4.78 is 11.7. The number of Topliss-reactive ketones (excluding diaryl/α,β-unsaturated/α-hetero) is 1. The summed E-state index contributed by atoms with van der Waals surface area (Å²) in [7, 11) is 0. The molecule has 0 spiro atoms. The Morgan fingerprint density at radius 2 is 1.76 bits per heavy atom. The molecular formula is C31H34ClNO5. The highest BCUT2D eigenvalue weighted by Gasteiger charge is 2.42. The number of nitrogens with one attached hydrogen (secondary N) is 1. The highest BCUT2D eigenvalue weighted by Crippen LogP contribution is 2.47. The first-order valence-electron chi connectivity index (χ1n) is 13.5. The van der Waals surface area contributed by atoms with E-state index in [1.807, 2.05) is 38.1 Å². The molecule has 200 valence electrons. The van der Waals surface area contributed by atoms with Crippen molar-refractivity contribution >= 4 is 23.4 Å². The van der Waals surface area contributed by atoms with Crippen molar-refractivity contribution in [2.24, 2.45) is 0 Å². The second-order valence-electron chi connectivity index (χ2n) is 10.4. The number of halogens is 1. The highest BCUT2D eigenvalue weighted by atomic mass is 35.5. The Morgan fingerprint density at radius 1 is 1.05 bits per heavy atom. The van der Waals surface area contributed by atoms with Crippen molar-refractivity contribution in [2.45, 2.75) is 76.7 Å². The lowest BCUT2D eigenvalue weighted by Crippen LogP contribution is -2.37. The number of ether oxygens (including phenoxy) is 2. The molecule has 0 radical (unpaired) electrons. The molecule has 2 aromatic rings. The number of phenols is 1. The summed E-state index contributed by atoms with van der Waals surface area (Å²) in [6, 6.07) is 12.7. The van der Waals surface area contributed by atoms with E-state index in [0.717, 1.165) is 43.4 Å². The van der Waals surface area contributed by atoms with Crippen molar-refractivity contribution in [3.8, 4) is 11.5 Å². The SMILES string of the molecule is CCOc1cc(C2C(C(=O)OC3CCCCC3)=C(C)NC3=C2C(=O)CC(c2ccc(Cl)cc2)C3)ccc1O. The van der Waals surface area contributed by atoms with Gasteiger partial charge in [-0.05, 0) is 87.3 Å². The summed E-state index contributed by atoms with van der Waals surface area (Å²) in [5.74, 6) is -0.661. The summed E-state index contributed by atoms with van der Waals surface area (Å²) >= 11 is 6.09. The first kappa shape index (κ1) is 26.4. The molecule has 6 nitrogen and oxygen atoms in total. The molecular weight excluding hydrogens is 502 g/mol. The molecule has 1 heterocycles. The van der Waals surface area contributed by atoms with Gasteiger partial charge in [0, 0.05) is 34.3 Å². The number of carbonyl (C=O) groups excluding carboxylic acids is 2. The van der Waals surface area contributed by atoms with Gasteiger partial charge >= 0.3 is 5.97 Å². The van der Waals surface area contributed by atoms with Crippen LogP contribution in [-0.2, 0) is 14.3 Å². The molecule has 0 bridgehead atoms. The number of carbonyl (C=O) groups is 2. The van der Waals surface area contributed by atoms with Crippen molar-refractivity contribution in [3.05, 3.63) is 81.2 Å². The maximum Gasteiger partial charge on any atom is 0.337 e. The van der Waals surface area contributed by atoms with Crippen molar-refractivity contribution in [2.75, 3.05) is 6.61 Å².